The first-order chi connectivity index (χ1) is 9.22. The average molecular weight is 257 g/mol. The van der Waals surface area contributed by atoms with Gasteiger partial charge in [-0.15, -0.1) is 0 Å². The third kappa shape index (κ3) is 3.05. The molecule has 2 aromatic heterocycles. The van der Waals surface area contributed by atoms with Gasteiger partial charge >= 0.3 is 0 Å². The number of carbonyl (C=O) groups is 1. The van der Waals surface area contributed by atoms with Crippen LogP contribution in [-0.2, 0) is 6.54 Å². The van der Waals surface area contributed by atoms with Crippen molar-refractivity contribution >= 4 is 11.6 Å². The minimum absolute atomic E-state index is 0.160. The lowest BCUT2D eigenvalue weighted by molar-refractivity contribution is 0.0784. The molecule has 0 radical (unpaired) electrons. The van der Waals surface area contributed by atoms with E-state index in [-0.39, 0.29) is 5.91 Å². The molecule has 3 N–H and O–H groups in total. The third-order valence-electron chi connectivity index (χ3n) is 2.68. The Balaban J connectivity index is 2.15. The highest BCUT2D eigenvalue weighted by molar-refractivity contribution is 5.98. The van der Waals surface area contributed by atoms with Gasteiger partial charge in [-0.1, -0.05) is 6.07 Å². The van der Waals surface area contributed by atoms with Crippen LogP contribution in [0.2, 0.25) is 0 Å². The second kappa shape index (κ2) is 5.92. The second-order valence-electron chi connectivity index (χ2n) is 4.05. The average Bonchev–Trinajstić information content (AvgIpc) is 2.47. The number of pyridine rings is 2. The Bertz CT molecular complexity index is 558. The van der Waals surface area contributed by atoms with Crippen LogP contribution in [0.4, 0.5) is 5.69 Å². The number of nitrogen functional groups attached to an aromatic ring is 1. The van der Waals surface area contributed by atoms with Crippen LogP contribution in [0.1, 0.15) is 16.1 Å². The number of nitrogens with one attached hydrogen (secondary N) is 1. The van der Waals surface area contributed by atoms with Crippen LogP contribution >= 0.6 is 0 Å². The highest BCUT2D eigenvalue weighted by Crippen LogP contribution is 2.15. The summed E-state index contributed by atoms with van der Waals surface area (Å²) >= 11 is 0. The number of nitrogens with zero attached hydrogens (tertiary/aromatic N) is 3. The summed E-state index contributed by atoms with van der Waals surface area (Å²) < 4.78 is 0. The van der Waals surface area contributed by atoms with E-state index in [1.54, 1.807) is 30.4 Å². The van der Waals surface area contributed by atoms with Crippen LogP contribution in [0.15, 0.2) is 42.9 Å². The van der Waals surface area contributed by atoms with Gasteiger partial charge in [0, 0.05) is 25.6 Å². The molecule has 6 heteroatoms. The SMILES string of the molecule is CN(Cc1ccccn1)C(=O)c1cnccc1NN. The molecule has 0 aliphatic heterocycles. The first-order valence-corrected chi connectivity index (χ1v) is 5.78. The molecular formula is C13H15N5O. The summed E-state index contributed by atoms with van der Waals surface area (Å²) in [5.74, 6) is 5.22. The Hall–Kier alpha value is -2.47. The first kappa shape index (κ1) is 13.0. The molecule has 6 nitrogen and oxygen atoms in total. The van der Waals surface area contributed by atoms with Crippen LogP contribution in [0.3, 0.4) is 0 Å². The van der Waals surface area contributed by atoms with Crippen molar-refractivity contribution in [2.45, 2.75) is 6.54 Å². The molecule has 0 fully saturated rings. The fourth-order valence-electron chi connectivity index (χ4n) is 1.70. The molecule has 0 spiro atoms. The van der Waals surface area contributed by atoms with Crippen molar-refractivity contribution in [2.75, 3.05) is 12.5 Å². The van der Waals surface area contributed by atoms with Gasteiger partial charge in [0.15, 0.2) is 0 Å². The van der Waals surface area contributed by atoms with Gasteiger partial charge in [0.1, 0.15) is 0 Å². The van der Waals surface area contributed by atoms with Crippen molar-refractivity contribution in [1.82, 2.24) is 14.9 Å². The van der Waals surface area contributed by atoms with E-state index in [2.05, 4.69) is 15.4 Å². The number of hydrogen-bond acceptors (Lipinski definition) is 5. The molecule has 0 saturated heterocycles. The van der Waals surface area contributed by atoms with Gasteiger partial charge in [-0.05, 0) is 18.2 Å². The zero-order chi connectivity index (χ0) is 13.7. The Morgan fingerprint density at radius 1 is 1.37 bits per heavy atom. The van der Waals surface area contributed by atoms with Crippen LogP contribution in [0.25, 0.3) is 0 Å². The summed E-state index contributed by atoms with van der Waals surface area (Å²) in [5.41, 5.74) is 4.30. The number of aromatic nitrogens is 2. The maximum absolute atomic E-state index is 12.3. The van der Waals surface area contributed by atoms with E-state index in [9.17, 15) is 4.79 Å². The smallest absolute Gasteiger partial charge is 0.257 e. The topological polar surface area (TPSA) is 84.1 Å². The maximum Gasteiger partial charge on any atom is 0.257 e. The van der Waals surface area contributed by atoms with Crippen LogP contribution in [0, 0.1) is 0 Å². The van der Waals surface area contributed by atoms with Gasteiger partial charge in [0.25, 0.3) is 5.91 Å². The van der Waals surface area contributed by atoms with Gasteiger partial charge < -0.3 is 10.3 Å². The van der Waals surface area contributed by atoms with Crippen LogP contribution < -0.4 is 11.3 Å². The number of anilines is 1. The van der Waals surface area contributed by atoms with Gasteiger partial charge in [-0.25, -0.2) is 0 Å². The molecule has 19 heavy (non-hydrogen) atoms. The fraction of sp³-hybridized carbons (Fsp3) is 0.154. The Kier molecular flexibility index (Phi) is 4.04. The second-order valence-corrected chi connectivity index (χ2v) is 4.05. The van der Waals surface area contributed by atoms with Gasteiger partial charge in [0.2, 0.25) is 0 Å². The predicted molar refractivity (Wildman–Crippen MR) is 72.1 cm³/mol. The molecule has 0 aliphatic rings. The number of nitrogens with two attached hydrogens (primary N) is 1. The summed E-state index contributed by atoms with van der Waals surface area (Å²) in [4.78, 5) is 22.0. The van der Waals surface area contributed by atoms with Crippen molar-refractivity contribution in [3.63, 3.8) is 0 Å². The van der Waals surface area contributed by atoms with E-state index in [1.807, 2.05) is 18.2 Å². The van der Waals surface area contributed by atoms with E-state index in [0.717, 1.165) is 5.69 Å². The summed E-state index contributed by atoms with van der Waals surface area (Å²) in [6.07, 6.45) is 4.77. The van der Waals surface area contributed by atoms with Gasteiger partial charge in [-0.3, -0.25) is 20.6 Å². The summed E-state index contributed by atoms with van der Waals surface area (Å²) in [6.45, 7) is 0.429. The molecule has 0 aliphatic carbocycles. The van der Waals surface area contributed by atoms with Gasteiger partial charge in [-0.2, -0.15) is 0 Å². The zero-order valence-corrected chi connectivity index (χ0v) is 10.6. The standard InChI is InChI=1S/C13H15N5O/c1-18(9-10-4-2-3-6-16-10)13(19)11-8-15-7-5-12(11)17-14/h2-8H,9,14H2,1H3,(H,15,17). The van der Waals surface area contributed by atoms with Gasteiger partial charge in [0.05, 0.1) is 23.5 Å². The lowest BCUT2D eigenvalue weighted by atomic mass is 10.2. The van der Waals surface area contributed by atoms with E-state index in [1.165, 1.54) is 6.20 Å². The fourth-order valence-corrected chi connectivity index (χ4v) is 1.70. The van der Waals surface area contributed by atoms with E-state index >= 15 is 0 Å². The summed E-state index contributed by atoms with van der Waals surface area (Å²) in [7, 11) is 1.71. The lowest BCUT2D eigenvalue weighted by Gasteiger charge is -2.18. The van der Waals surface area contributed by atoms with Crippen molar-refractivity contribution in [3.05, 3.63) is 54.1 Å². The molecule has 0 atom stereocenters. The van der Waals surface area contributed by atoms with E-state index in [0.29, 0.717) is 17.8 Å². The monoisotopic (exact) mass is 257 g/mol. The Morgan fingerprint density at radius 3 is 2.89 bits per heavy atom. The largest absolute Gasteiger partial charge is 0.336 e. The zero-order valence-electron chi connectivity index (χ0n) is 10.6. The minimum atomic E-state index is -0.160. The molecule has 2 rings (SSSR count). The minimum Gasteiger partial charge on any atom is -0.336 e. The normalized spacial score (nSPS) is 10.0. The number of amides is 1. The van der Waals surface area contributed by atoms with E-state index in [4.69, 9.17) is 5.84 Å². The summed E-state index contributed by atoms with van der Waals surface area (Å²) in [6, 6.07) is 7.25. The van der Waals surface area contributed by atoms with Crippen molar-refractivity contribution < 1.29 is 4.79 Å². The van der Waals surface area contributed by atoms with Crippen molar-refractivity contribution in [3.8, 4) is 0 Å². The molecule has 1 amide bonds. The van der Waals surface area contributed by atoms with Crippen molar-refractivity contribution in [2.24, 2.45) is 5.84 Å². The highest BCUT2D eigenvalue weighted by Gasteiger charge is 2.16. The predicted octanol–water partition coefficient (Wildman–Crippen LogP) is 1.03. The maximum atomic E-state index is 12.3. The molecule has 2 heterocycles. The third-order valence-corrected chi connectivity index (χ3v) is 2.68. The van der Waals surface area contributed by atoms with Crippen LogP contribution in [-0.4, -0.2) is 27.8 Å². The molecule has 0 unspecified atom stereocenters. The molecule has 0 bridgehead atoms. The molecular weight excluding hydrogens is 242 g/mol. The lowest BCUT2D eigenvalue weighted by Crippen LogP contribution is -2.28. The highest BCUT2D eigenvalue weighted by atomic mass is 16.2. The number of hydrazine groups is 1. The molecule has 0 aromatic carbocycles. The Labute approximate surface area is 111 Å². The number of rotatable bonds is 4. The van der Waals surface area contributed by atoms with E-state index < -0.39 is 0 Å². The van der Waals surface area contributed by atoms with Crippen molar-refractivity contribution in [1.29, 1.82) is 0 Å². The molecule has 0 saturated carbocycles. The van der Waals surface area contributed by atoms with Crippen LogP contribution in [0.5, 0.6) is 0 Å². The first-order valence-electron chi connectivity index (χ1n) is 5.78. The molecule has 2 aromatic rings. The number of carbonyl (C=O) groups excluding carboxylic acids is 1. The Morgan fingerprint density at radius 2 is 2.21 bits per heavy atom. The molecule has 98 valence electrons. The quantitative estimate of drug-likeness (QED) is 0.631. The summed E-state index contributed by atoms with van der Waals surface area (Å²) in [5, 5.41) is 0. The number of hydrogen-bond donors (Lipinski definition) is 2.